The highest BCUT2D eigenvalue weighted by atomic mass is 16.5. The van der Waals surface area contributed by atoms with Crippen molar-refractivity contribution in [3.63, 3.8) is 0 Å². The average molecular weight is 195 g/mol. The Bertz CT molecular complexity index is 347. The maximum absolute atomic E-state index is 11.0. The van der Waals surface area contributed by atoms with E-state index in [1.165, 1.54) is 17.6 Å². The number of phenolic OH excluding ortho intramolecular Hbond substituents is 1. The Hall–Kier alpha value is -1.55. The van der Waals surface area contributed by atoms with Crippen molar-refractivity contribution in [3.8, 4) is 5.75 Å². The molecule has 0 bridgehead atoms. The van der Waals surface area contributed by atoms with E-state index in [1.807, 2.05) is 13.8 Å². The highest BCUT2D eigenvalue weighted by molar-refractivity contribution is 5.96. The van der Waals surface area contributed by atoms with Crippen LogP contribution in [0.3, 0.4) is 0 Å². The molecule has 0 aliphatic rings. The number of hydrogen-bond acceptors (Lipinski definition) is 3. The topological polar surface area (TPSA) is 69.6 Å². The predicted octanol–water partition coefficient (Wildman–Crippen LogP) is 1.63. The SMILES string of the molecule is CC(C)c1ccc(C(=O)NO)c(O)c1. The molecule has 0 spiro atoms. The molecule has 0 saturated carbocycles. The number of hydroxylamine groups is 1. The molecular weight excluding hydrogens is 182 g/mol. The summed E-state index contributed by atoms with van der Waals surface area (Å²) in [4.78, 5) is 11.0. The lowest BCUT2D eigenvalue weighted by atomic mass is 10.0. The van der Waals surface area contributed by atoms with Crippen LogP contribution in [0.1, 0.15) is 35.7 Å². The molecule has 1 amide bonds. The molecule has 1 rings (SSSR count). The van der Waals surface area contributed by atoms with Gasteiger partial charge in [0.2, 0.25) is 0 Å². The molecule has 76 valence electrons. The number of phenols is 1. The molecule has 4 nitrogen and oxygen atoms in total. The summed E-state index contributed by atoms with van der Waals surface area (Å²) < 4.78 is 0. The number of hydrogen-bond donors (Lipinski definition) is 3. The van der Waals surface area contributed by atoms with E-state index < -0.39 is 5.91 Å². The number of carbonyl (C=O) groups is 1. The number of aromatic hydroxyl groups is 1. The van der Waals surface area contributed by atoms with E-state index in [1.54, 1.807) is 6.07 Å². The molecule has 0 fully saturated rings. The summed E-state index contributed by atoms with van der Waals surface area (Å²) in [6, 6.07) is 4.75. The smallest absolute Gasteiger partial charge is 0.278 e. The van der Waals surface area contributed by atoms with Gasteiger partial charge in [-0.25, -0.2) is 5.48 Å². The van der Waals surface area contributed by atoms with Gasteiger partial charge in [-0.15, -0.1) is 0 Å². The highest BCUT2D eigenvalue weighted by Gasteiger charge is 2.11. The summed E-state index contributed by atoms with van der Waals surface area (Å²) >= 11 is 0. The van der Waals surface area contributed by atoms with E-state index in [0.717, 1.165) is 5.56 Å². The fraction of sp³-hybridized carbons (Fsp3) is 0.300. The van der Waals surface area contributed by atoms with Crippen LogP contribution in [-0.2, 0) is 0 Å². The van der Waals surface area contributed by atoms with Crippen molar-refractivity contribution in [1.29, 1.82) is 0 Å². The first-order chi connectivity index (χ1) is 6.56. The molecule has 0 heterocycles. The van der Waals surface area contributed by atoms with Gasteiger partial charge in [-0.2, -0.15) is 0 Å². The van der Waals surface area contributed by atoms with Crippen LogP contribution in [0.4, 0.5) is 0 Å². The molecule has 0 unspecified atom stereocenters. The van der Waals surface area contributed by atoms with Crippen molar-refractivity contribution in [1.82, 2.24) is 5.48 Å². The Balaban J connectivity index is 3.07. The molecule has 14 heavy (non-hydrogen) atoms. The third-order valence-electron chi connectivity index (χ3n) is 2.03. The molecule has 4 heteroatoms. The Morgan fingerprint density at radius 2 is 2.07 bits per heavy atom. The largest absolute Gasteiger partial charge is 0.507 e. The molecule has 1 aromatic rings. The normalized spacial score (nSPS) is 10.3. The van der Waals surface area contributed by atoms with Crippen molar-refractivity contribution in [2.75, 3.05) is 0 Å². The van der Waals surface area contributed by atoms with Crippen LogP contribution in [-0.4, -0.2) is 16.2 Å². The fourth-order valence-electron chi connectivity index (χ4n) is 1.16. The van der Waals surface area contributed by atoms with Crippen molar-refractivity contribution >= 4 is 5.91 Å². The Labute approximate surface area is 82.1 Å². The van der Waals surface area contributed by atoms with Gasteiger partial charge in [0.1, 0.15) is 5.75 Å². The van der Waals surface area contributed by atoms with Gasteiger partial charge in [0.05, 0.1) is 5.56 Å². The summed E-state index contributed by atoms with van der Waals surface area (Å²) in [5.74, 6) is -0.548. The maximum Gasteiger partial charge on any atom is 0.278 e. The van der Waals surface area contributed by atoms with Gasteiger partial charge in [0, 0.05) is 0 Å². The second-order valence-electron chi connectivity index (χ2n) is 3.37. The first-order valence-corrected chi connectivity index (χ1v) is 4.33. The zero-order chi connectivity index (χ0) is 10.7. The third kappa shape index (κ3) is 2.03. The Morgan fingerprint density at radius 3 is 2.50 bits per heavy atom. The second-order valence-corrected chi connectivity index (χ2v) is 3.37. The summed E-state index contributed by atoms with van der Waals surface area (Å²) in [6.45, 7) is 3.97. The van der Waals surface area contributed by atoms with Crippen LogP contribution >= 0.6 is 0 Å². The lowest BCUT2D eigenvalue weighted by Gasteiger charge is -2.08. The van der Waals surface area contributed by atoms with Crippen LogP contribution in [0.15, 0.2) is 18.2 Å². The Morgan fingerprint density at radius 1 is 1.43 bits per heavy atom. The van der Waals surface area contributed by atoms with Crippen molar-refractivity contribution < 1.29 is 15.1 Å². The zero-order valence-electron chi connectivity index (χ0n) is 8.11. The number of nitrogens with one attached hydrogen (secondary N) is 1. The lowest BCUT2D eigenvalue weighted by molar-refractivity contribution is 0.0703. The molecule has 0 aliphatic carbocycles. The average Bonchev–Trinajstić information content (AvgIpc) is 2.16. The van der Waals surface area contributed by atoms with Crippen LogP contribution in [0, 0.1) is 0 Å². The molecule has 0 saturated heterocycles. The molecule has 0 aromatic heterocycles. The van der Waals surface area contributed by atoms with Gasteiger partial charge < -0.3 is 5.11 Å². The van der Waals surface area contributed by atoms with E-state index >= 15 is 0 Å². The number of benzene rings is 1. The summed E-state index contributed by atoms with van der Waals surface area (Å²) in [7, 11) is 0. The van der Waals surface area contributed by atoms with Gasteiger partial charge in [-0.05, 0) is 23.6 Å². The van der Waals surface area contributed by atoms with Crippen LogP contribution in [0.2, 0.25) is 0 Å². The van der Waals surface area contributed by atoms with Crippen molar-refractivity contribution in [3.05, 3.63) is 29.3 Å². The molecular formula is C10H13NO3. The van der Waals surface area contributed by atoms with E-state index in [9.17, 15) is 9.90 Å². The van der Waals surface area contributed by atoms with Crippen LogP contribution in [0.5, 0.6) is 5.75 Å². The van der Waals surface area contributed by atoms with Gasteiger partial charge in [-0.1, -0.05) is 19.9 Å². The highest BCUT2D eigenvalue weighted by Crippen LogP contribution is 2.23. The molecule has 1 aromatic carbocycles. The van der Waals surface area contributed by atoms with Gasteiger partial charge >= 0.3 is 0 Å². The molecule has 3 N–H and O–H groups in total. The lowest BCUT2D eigenvalue weighted by Crippen LogP contribution is -2.18. The first-order valence-electron chi connectivity index (χ1n) is 4.33. The van der Waals surface area contributed by atoms with Crippen LogP contribution < -0.4 is 5.48 Å². The van der Waals surface area contributed by atoms with Crippen LogP contribution in [0.25, 0.3) is 0 Å². The van der Waals surface area contributed by atoms with Gasteiger partial charge in [0.15, 0.2) is 0 Å². The monoisotopic (exact) mass is 195 g/mol. The second kappa shape index (κ2) is 4.11. The minimum Gasteiger partial charge on any atom is -0.507 e. The van der Waals surface area contributed by atoms with E-state index in [2.05, 4.69) is 0 Å². The minimum atomic E-state index is -0.710. The van der Waals surface area contributed by atoms with E-state index in [4.69, 9.17) is 5.21 Å². The molecule has 0 atom stereocenters. The van der Waals surface area contributed by atoms with E-state index in [0.29, 0.717) is 0 Å². The molecule has 0 aliphatic heterocycles. The van der Waals surface area contributed by atoms with Crippen molar-refractivity contribution in [2.45, 2.75) is 19.8 Å². The number of amides is 1. The number of carbonyl (C=O) groups excluding carboxylic acids is 1. The van der Waals surface area contributed by atoms with Gasteiger partial charge in [-0.3, -0.25) is 10.0 Å². The summed E-state index contributed by atoms with van der Waals surface area (Å²) in [6.07, 6.45) is 0. The zero-order valence-corrected chi connectivity index (χ0v) is 8.11. The molecule has 0 radical (unpaired) electrons. The standard InChI is InChI=1S/C10H13NO3/c1-6(2)7-3-4-8(9(12)5-7)10(13)11-14/h3-6,12,14H,1-2H3,(H,11,13). The quantitative estimate of drug-likeness (QED) is 0.496. The first kappa shape index (κ1) is 10.5. The maximum atomic E-state index is 11.0. The van der Waals surface area contributed by atoms with E-state index in [-0.39, 0.29) is 17.2 Å². The summed E-state index contributed by atoms with van der Waals surface area (Å²) in [5, 5.41) is 17.9. The third-order valence-corrected chi connectivity index (χ3v) is 2.03. The van der Waals surface area contributed by atoms with Gasteiger partial charge in [0.25, 0.3) is 5.91 Å². The van der Waals surface area contributed by atoms with Crippen molar-refractivity contribution in [2.24, 2.45) is 0 Å². The number of rotatable bonds is 2. The fourth-order valence-corrected chi connectivity index (χ4v) is 1.16. The Kier molecular flexibility index (Phi) is 3.09. The minimum absolute atomic E-state index is 0.0666. The predicted molar refractivity (Wildman–Crippen MR) is 51.4 cm³/mol. The summed E-state index contributed by atoms with van der Waals surface area (Å²) in [5.41, 5.74) is 2.48.